The molecular weight excluding hydrogens is 378 g/mol. The maximum Gasteiger partial charge on any atom is 0.188 e. The van der Waals surface area contributed by atoms with Crippen molar-refractivity contribution in [2.45, 2.75) is 25.8 Å². The first kappa shape index (κ1) is 18.7. The second kappa shape index (κ2) is 7.29. The Morgan fingerprint density at radius 3 is 2.73 bits per heavy atom. The second-order valence-corrected chi connectivity index (χ2v) is 7.63. The van der Waals surface area contributed by atoms with E-state index in [4.69, 9.17) is 11.6 Å². The number of nitrogens with zero attached hydrogens (tertiary/aromatic N) is 2. The monoisotopic (exact) mass is 392 g/mol. The topological polar surface area (TPSA) is 42.3 Å². The van der Waals surface area contributed by atoms with Crippen molar-refractivity contribution >= 4 is 34.2 Å². The fourth-order valence-corrected chi connectivity index (χ4v) is 3.68. The van der Waals surface area contributed by atoms with Crippen LogP contribution in [-0.4, -0.2) is 15.8 Å². The number of pyridine rings is 1. The van der Waals surface area contributed by atoms with Crippen LogP contribution in [0.2, 0.25) is 5.02 Å². The highest BCUT2D eigenvalue weighted by atomic mass is 35.5. The van der Waals surface area contributed by atoms with Crippen molar-refractivity contribution in [3.63, 3.8) is 0 Å². The Hall–Kier alpha value is -2.05. The van der Waals surface area contributed by atoms with Gasteiger partial charge in [0.05, 0.1) is 10.1 Å². The molecule has 1 aromatic carbocycles. The number of aliphatic imine (C=N–C) groups is 1. The molecule has 0 spiro atoms. The second-order valence-electron chi connectivity index (χ2n) is 6.10. The Labute approximate surface area is 159 Å². The number of carbonyl (C=O) groups is 1. The van der Waals surface area contributed by atoms with Gasteiger partial charge in [-0.3, -0.25) is 9.79 Å². The zero-order chi connectivity index (χ0) is 18.9. The summed E-state index contributed by atoms with van der Waals surface area (Å²) in [6.07, 6.45) is 2.93. The first-order valence-corrected chi connectivity index (χ1v) is 9.08. The van der Waals surface area contributed by atoms with E-state index in [1.807, 2.05) is 18.4 Å². The molecule has 2 heterocycles. The van der Waals surface area contributed by atoms with E-state index in [9.17, 15) is 13.6 Å². The van der Waals surface area contributed by atoms with E-state index in [2.05, 4.69) is 9.98 Å². The van der Waals surface area contributed by atoms with Crippen LogP contribution in [0.15, 0.2) is 46.9 Å². The Morgan fingerprint density at radius 2 is 2.04 bits per heavy atom. The number of thioether (sulfide) groups is 1. The van der Waals surface area contributed by atoms with Crippen molar-refractivity contribution in [1.29, 1.82) is 0 Å². The van der Waals surface area contributed by atoms with Crippen LogP contribution in [-0.2, 0) is 12.0 Å². The summed E-state index contributed by atoms with van der Waals surface area (Å²) in [6.45, 7) is 3.66. The first-order valence-electron chi connectivity index (χ1n) is 7.82. The van der Waals surface area contributed by atoms with E-state index in [1.54, 1.807) is 13.0 Å². The van der Waals surface area contributed by atoms with Gasteiger partial charge in [-0.05, 0) is 49.1 Å². The highest BCUT2D eigenvalue weighted by Gasteiger charge is 2.29. The molecule has 0 amide bonds. The van der Waals surface area contributed by atoms with Crippen LogP contribution in [0.3, 0.4) is 0 Å². The van der Waals surface area contributed by atoms with Gasteiger partial charge >= 0.3 is 0 Å². The summed E-state index contributed by atoms with van der Waals surface area (Å²) in [7, 11) is 0. The number of halogens is 3. The number of hydrogen-bond acceptors (Lipinski definition) is 4. The fraction of sp³-hybridized carbons (Fsp3) is 0.211. The third-order valence-corrected chi connectivity index (χ3v) is 4.94. The van der Waals surface area contributed by atoms with E-state index >= 15 is 0 Å². The molecule has 2 aromatic rings. The van der Waals surface area contributed by atoms with Crippen molar-refractivity contribution in [2.24, 2.45) is 4.99 Å². The Balaban J connectivity index is 1.92. The lowest BCUT2D eigenvalue weighted by molar-refractivity contribution is 0.0984. The van der Waals surface area contributed by atoms with Crippen LogP contribution in [0.1, 0.15) is 35.5 Å². The van der Waals surface area contributed by atoms with Crippen LogP contribution in [0.5, 0.6) is 0 Å². The molecule has 0 saturated heterocycles. The third-order valence-electron chi connectivity index (χ3n) is 4.03. The molecule has 26 heavy (non-hydrogen) atoms. The molecule has 0 N–H and O–H groups in total. The maximum atomic E-state index is 14.4. The van der Waals surface area contributed by atoms with Crippen molar-refractivity contribution in [1.82, 2.24) is 4.98 Å². The van der Waals surface area contributed by atoms with Gasteiger partial charge in [0.2, 0.25) is 0 Å². The van der Waals surface area contributed by atoms with Gasteiger partial charge in [0.1, 0.15) is 17.1 Å². The molecule has 1 aliphatic rings. The number of benzene rings is 1. The number of carbonyl (C=O) groups excluding carboxylic acids is 1. The molecule has 0 saturated carbocycles. The molecule has 1 aromatic heterocycles. The van der Waals surface area contributed by atoms with Crippen LogP contribution in [0, 0.1) is 11.6 Å². The summed E-state index contributed by atoms with van der Waals surface area (Å²) in [6, 6.07) is 5.44. The molecule has 0 radical (unpaired) electrons. The lowest BCUT2D eigenvalue weighted by Crippen LogP contribution is -2.21. The number of hydrogen-bond donors (Lipinski definition) is 0. The Morgan fingerprint density at radius 1 is 1.27 bits per heavy atom. The normalized spacial score (nSPS) is 19.3. The minimum Gasteiger partial charge on any atom is -0.292 e. The molecule has 1 atom stereocenters. The molecule has 0 unspecified atom stereocenters. The van der Waals surface area contributed by atoms with Crippen molar-refractivity contribution < 1.29 is 13.6 Å². The van der Waals surface area contributed by atoms with Crippen molar-refractivity contribution in [3.05, 3.63) is 75.4 Å². The summed E-state index contributed by atoms with van der Waals surface area (Å²) in [5.74, 6) is -1.69. The van der Waals surface area contributed by atoms with E-state index < -0.39 is 23.0 Å². The summed E-state index contributed by atoms with van der Waals surface area (Å²) in [4.78, 5) is 20.7. The minimum absolute atomic E-state index is 0.101. The quantitative estimate of drug-likeness (QED) is 0.660. The molecule has 0 fully saturated rings. The number of aromatic nitrogens is 1. The van der Waals surface area contributed by atoms with Crippen molar-refractivity contribution in [3.8, 4) is 0 Å². The van der Waals surface area contributed by atoms with Gasteiger partial charge in [0.25, 0.3) is 0 Å². The van der Waals surface area contributed by atoms with Gasteiger partial charge < -0.3 is 0 Å². The standard InChI is InChI=1S/C19H15ClF2N2OS/c1-11-24-19(2,5-6-26-11)14-7-12(3-4-15(14)21)8-17(25)18-16(22)9-13(20)10-23-18/h3-7,9-10H,8H2,1-2H3/t19-/m0/s1. The first-order chi connectivity index (χ1) is 12.3. The largest absolute Gasteiger partial charge is 0.292 e. The molecule has 3 rings (SSSR count). The summed E-state index contributed by atoms with van der Waals surface area (Å²) < 4.78 is 28.3. The minimum atomic E-state index is -0.845. The summed E-state index contributed by atoms with van der Waals surface area (Å²) in [5, 5.41) is 2.81. The molecule has 3 nitrogen and oxygen atoms in total. The zero-order valence-electron chi connectivity index (χ0n) is 14.1. The smallest absolute Gasteiger partial charge is 0.188 e. The molecule has 7 heteroatoms. The van der Waals surface area contributed by atoms with E-state index in [0.29, 0.717) is 11.1 Å². The molecular formula is C19H15ClF2N2OS. The van der Waals surface area contributed by atoms with Crippen LogP contribution < -0.4 is 0 Å². The molecule has 0 bridgehead atoms. The number of Topliss-reactive ketones (excluding diaryl/α,β-unsaturated/α-hetero) is 1. The molecule has 134 valence electrons. The van der Waals surface area contributed by atoms with Gasteiger partial charge in [-0.25, -0.2) is 13.8 Å². The van der Waals surface area contributed by atoms with Gasteiger partial charge in [0.15, 0.2) is 11.6 Å². The summed E-state index contributed by atoms with van der Waals surface area (Å²) in [5.41, 5.74) is -0.205. The Bertz CT molecular complexity index is 945. The SMILES string of the molecule is CC1=N[C@](C)(c2cc(CC(=O)c3ncc(Cl)cc3F)ccc2F)C=CS1. The van der Waals surface area contributed by atoms with Gasteiger partial charge in [-0.1, -0.05) is 29.4 Å². The zero-order valence-corrected chi connectivity index (χ0v) is 15.7. The van der Waals surface area contributed by atoms with Gasteiger partial charge in [-0.2, -0.15) is 0 Å². The lowest BCUT2D eigenvalue weighted by Gasteiger charge is -2.26. The lowest BCUT2D eigenvalue weighted by atomic mass is 9.90. The third kappa shape index (κ3) is 3.86. The van der Waals surface area contributed by atoms with Crippen LogP contribution in [0.25, 0.3) is 0 Å². The highest BCUT2D eigenvalue weighted by Crippen LogP contribution is 2.35. The predicted octanol–water partition coefficient (Wildman–Crippen LogP) is 5.33. The average Bonchev–Trinajstić information content (AvgIpc) is 2.56. The van der Waals surface area contributed by atoms with E-state index in [0.717, 1.165) is 11.1 Å². The number of ketones is 1. The van der Waals surface area contributed by atoms with Gasteiger partial charge in [-0.15, -0.1) is 0 Å². The maximum absolute atomic E-state index is 14.4. The van der Waals surface area contributed by atoms with E-state index in [-0.39, 0.29) is 17.1 Å². The fourth-order valence-electron chi connectivity index (χ4n) is 2.76. The molecule has 0 aliphatic carbocycles. The molecule has 1 aliphatic heterocycles. The van der Waals surface area contributed by atoms with Crippen LogP contribution in [0.4, 0.5) is 8.78 Å². The van der Waals surface area contributed by atoms with Crippen molar-refractivity contribution in [2.75, 3.05) is 0 Å². The Kier molecular flexibility index (Phi) is 5.25. The average molecular weight is 393 g/mol. The summed E-state index contributed by atoms with van der Waals surface area (Å²) >= 11 is 7.13. The predicted molar refractivity (Wildman–Crippen MR) is 101 cm³/mol. The van der Waals surface area contributed by atoms with E-state index in [1.165, 1.54) is 30.1 Å². The van der Waals surface area contributed by atoms with Gasteiger partial charge in [0, 0.05) is 18.2 Å². The highest BCUT2D eigenvalue weighted by molar-refractivity contribution is 8.16. The number of rotatable bonds is 4. The van der Waals surface area contributed by atoms with Crippen LogP contribution >= 0.6 is 23.4 Å².